The third-order valence-electron chi connectivity index (χ3n) is 10.8. The van der Waals surface area contributed by atoms with Gasteiger partial charge in [0.05, 0.1) is 27.7 Å². The summed E-state index contributed by atoms with van der Waals surface area (Å²) in [6, 6.07) is 0. The summed E-state index contributed by atoms with van der Waals surface area (Å²) < 4.78 is 33.7. The van der Waals surface area contributed by atoms with E-state index >= 15 is 0 Å². The van der Waals surface area contributed by atoms with Gasteiger partial charge < -0.3 is 27.9 Å². The quantitative estimate of drug-likeness (QED) is 0.0196. The number of hydrogen-bond donors (Lipinski definition) is 0. The summed E-state index contributed by atoms with van der Waals surface area (Å²) >= 11 is 0. The molecule has 9 nitrogen and oxygen atoms in total. The van der Waals surface area contributed by atoms with Gasteiger partial charge in [-0.1, -0.05) is 193 Å². The number of phosphoric ester groups is 1. The lowest BCUT2D eigenvalue weighted by molar-refractivity contribution is -0.870. The van der Waals surface area contributed by atoms with Crippen LogP contribution in [0.4, 0.5) is 0 Å². The molecular formula is C48H94NO8P. The Balaban J connectivity index is 3.89. The number of rotatable bonds is 45. The molecule has 0 aliphatic heterocycles. The Morgan fingerprint density at radius 1 is 0.517 bits per heavy atom. The standard InChI is InChI=1S/C48H94NO8P/c1-6-8-10-12-13-14-15-16-17-18-19-20-21-22-23-24-25-26-27-28-29-30-31-32-33-34-35-37-39-41-48(51)57-46(44-54-47(50)40-38-36-11-9-7-2)45-56-58(52,53)55-43-42-49(3,4)5/h18-19,46H,6-17,20-45H2,1-5H3/b19-18-. The van der Waals surface area contributed by atoms with Crippen LogP contribution < -0.4 is 4.89 Å². The highest BCUT2D eigenvalue weighted by Gasteiger charge is 2.21. The zero-order valence-electron chi connectivity index (χ0n) is 38.8. The molecule has 0 radical (unpaired) electrons. The molecule has 0 bridgehead atoms. The van der Waals surface area contributed by atoms with E-state index in [1.807, 2.05) is 21.1 Å². The molecule has 0 heterocycles. The maximum absolute atomic E-state index is 12.6. The first-order valence-corrected chi connectivity index (χ1v) is 25.9. The van der Waals surface area contributed by atoms with Crippen molar-refractivity contribution in [3.05, 3.63) is 12.2 Å². The number of quaternary nitrogens is 1. The number of carbonyl (C=O) groups excluding carboxylic acids is 2. The molecule has 0 aromatic carbocycles. The van der Waals surface area contributed by atoms with Gasteiger partial charge in [-0.3, -0.25) is 14.2 Å². The molecular weight excluding hydrogens is 750 g/mol. The number of hydrogen-bond acceptors (Lipinski definition) is 8. The minimum Gasteiger partial charge on any atom is -0.756 e. The number of nitrogens with zero attached hydrogens (tertiary/aromatic N) is 1. The minimum atomic E-state index is -4.61. The maximum Gasteiger partial charge on any atom is 0.306 e. The van der Waals surface area contributed by atoms with Crippen LogP contribution in [0.15, 0.2) is 12.2 Å². The van der Waals surface area contributed by atoms with E-state index < -0.39 is 32.5 Å². The predicted octanol–water partition coefficient (Wildman–Crippen LogP) is 13.5. The monoisotopic (exact) mass is 844 g/mol. The van der Waals surface area contributed by atoms with Crippen LogP contribution >= 0.6 is 7.82 Å². The fourth-order valence-corrected chi connectivity index (χ4v) is 7.67. The Morgan fingerprint density at radius 3 is 1.28 bits per heavy atom. The Hall–Kier alpha value is -1.25. The Labute approximate surface area is 358 Å². The van der Waals surface area contributed by atoms with Crippen LogP contribution in [0.25, 0.3) is 0 Å². The van der Waals surface area contributed by atoms with Gasteiger partial charge >= 0.3 is 11.9 Å². The van der Waals surface area contributed by atoms with E-state index in [-0.39, 0.29) is 26.1 Å². The van der Waals surface area contributed by atoms with Crippen molar-refractivity contribution >= 4 is 19.8 Å². The SMILES string of the molecule is CCCCCCCCCC/C=C\CCCCCCCCCCCCCCCCCCCC(=O)OC(COC(=O)CCCCCCC)COP(=O)([O-])OCC[N+](C)(C)C. The highest BCUT2D eigenvalue weighted by molar-refractivity contribution is 7.45. The molecule has 0 aliphatic carbocycles. The fraction of sp³-hybridized carbons (Fsp3) is 0.917. The van der Waals surface area contributed by atoms with Gasteiger partial charge in [0, 0.05) is 12.8 Å². The summed E-state index contributed by atoms with van der Waals surface area (Å²) in [6.45, 7) is 4.16. The third kappa shape index (κ3) is 44.3. The Bertz CT molecular complexity index is 1000. The first kappa shape index (κ1) is 56.8. The number of esters is 2. The van der Waals surface area contributed by atoms with Crippen molar-refractivity contribution in [1.29, 1.82) is 0 Å². The molecule has 0 amide bonds. The van der Waals surface area contributed by atoms with Gasteiger partial charge in [-0.25, -0.2) is 0 Å². The van der Waals surface area contributed by atoms with Crippen molar-refractivity contribution in [1.82, 2.24) is 0 Å². The number of likely N-dealkylation sites (N-methyl/N-ethyl adjacent to an activating group) is 1. The van der Waals surface area contributed by atoms with Crippen LogP contribution in [0.5, 0.6) is 0 Å². The summed E-state index contributed by atoms with van der Waals surface area (Å²) in [4.78, 5) is 37.2. The molecule has 0 N–H and O–H groups in total. The summed E-state index contributed by atoms with van der Waals surface area (Å²) in [6.07, 6.45) is 44.6. The molecule has 0 fully saturated rings. The summed E-state index contributed by atoms with van der Waals surface area (Å²) in [5.74, 6) is -0.838. The van der Waals surface area contributed by atoms with E-state index in [1.54, 1.807) is 0 Å². The number of unbranched alkanes of at least 4 members (excludes halogenated alkanes) is 29. The third-order valence-corrected chi connectivity index (χ3v) is 11.7. The molecule has 2 unspecified atom stereocenters. The van der Waals surface area contributed by atoms with Gasteiger partial charge in [0.25, 0.3) is 7.82 Å². The summed E-state index contributed by atoms with van der Waals surface area (Å²) in [5.41, 5.74) is 0. The number of ether oxygens (including phenoxy) is 2. The van der Waals surface area contributed by atoms with Crippen LogP contribution in [-0.4, -0.2) is 70.0 Å². The summed E-state index contributed by atoms with van der Waals surface area (Å²) in [7, 11) is 1.18. The van der Waals surface area contributed by atoms with Crippen LogP contribution in [-0.2, 0) is 32.7 Å². The van der Waals surface area contributed by atoms with Gasteiger partial charge in [0.1, 0.15) is 19.8 Å². The normalized spacial score (nSPS) is 13.6. The molecule has 0 saturated carbocycles. The summed E-state index contributed by atoms with van der Waals surface area (Å²) in [5, 5.41) is 0. The van der Waals surface area contributed by atoms with Gasteiger partial charge in [0.15, 0.2) is 6.10 Å². The average molecular weight is 844 g/mol. The van der Waals surface area contributed by atoms with Gasteiger partial charge in [-0.15, -0.1) is 0 Å². The van der Waals surface area contributed by atoms with Crippen LogP contribution in [0, 0.1) is 0 Å². The molecule has 10 heteroatoms. The van der Waals surface area contributed by atoms with E-state index in [0.717, 1.165) is 44.9 Å². The number of carbonyl (C=O) groups is 2. The number of phosphoric acid groups is 1. The average Bonchev–Trinajstić information content (AvgIpc) is 3.17. The molecule has 0 aliphatic rings. The second kappa shape index (κ2) is 41.1. The zero-order chi connectivity index (χ0) is 42.8. The van der Waals surface area contributed by atoms with Gasteiger partial charge in [-0.2, -0.15) is 0 Å². The lowest BCUT2D eigenvalue weighted by atomic mass is 10.0. The van der Waals surface area contributed by atoms with Crippen LogP contribution in [0.3, 0.4) is 0 Å². The van der Waals surface area contributed by atoms with E-state index in [1.165, 1.54) is 154 Å². The topological polar surface area (TPSA) is 111 Å². The minimum absolute atomic E-state index is 0.0276. The lowest BCUT2D eigenvalue weighted by Gasteiger charge is -2.28. The Kier molecular flexibility index (Phi) is 40.2. The zero-order valence-corrected chi connectivity index (χ0v) is 39.7. The number of allylic oxidation sites excluding steroid dienone is 2. The predicted molar refractivity (Wildman–Crippen MR) is 241 cm³/mol. The van der Waals surface area contributed by atoms with Crippen molar-refractivity contribution in [3.63, 3.8) is 0 Å². The smallest absolute Gasteiger partial charge is 0.306 e. The molecule has 0 saturated heterocycles. The van der Waals surface area contributed by atoms with E-state index in [4.69, 9.17) is 18.5 Å². The lowest BCUT2D eigenvalue weighted by Crippen LogP contribution is -2.37. The highest BCUT2D eigenvalue weighted by Crippen LogP contribution is 2.38. The first-order chi connectivity index (χ1) is 28.0. The first-order valence-electron chi connectivity index (χ1n) is 24.4. The van der Waals surface area contributed by atoms with Crippen LogP contribution in [0.2, 0.25) is 0 Å². The van der Waals surface area contributed by atoms with Crippen molar-refractivity contribution in [2.24, 2.45) is 0 Å². The molecule has 0 aromatic rings. The van der Waals surface area contributed by atoms with Crippen LogP contribution in [0.1, 0.15) is 232 Å². The molecule has 0 aromatic heterocycles. The van der Waals surface area contributed by atoms with Crippen molar-refractivity contribution in [2.75, 3.05) is 47.5 Å². The second-order valence-electron chi connectivity index (χ2n) is 17.8. The maximum atomic E-state index is 12.6. The van der Waals surface area contributed by atoms with Crippen molar-refractivity contribution in [3.8, 4) is 0 Å². The molecule has 0 spiro atoms. The Morgan fingerprint density at radius 2 is 0.879 bits per heavy atom. The van der Waals surface area contributed by atoms with Crippen molar-refractivity contribution < 1.29 is 42.1 Å². The van der Waals surface area contributed by atoms with E-state index in [2.05, 4.69) is 26.0 Å². The fourth-order valence-electron chi connectivity index (χ4n) is 6.95. The molecule has 58 heavy (non-hydrogen) atoms. The molecule has 2 atom stereocenters. The van der Waals surface area contributed by atoms with Crippen molar-refractivity contribution in [2.45, 2.75) is 238 Å². The molecule has 344 valence electrons. The van der Waals surface area contributed by atoms with Gasteiger partial charge in [0.2, 0.25) is 0 Å². The largest absolute Gasteiger partial charge is 0.756 e. The van der Waals surface area contributed by atoms with E-state index in [9.17, 15) is 19.0 Å². The second-order valence-corrected chi connectivity index (χ2v) is 19.2. The van der Waals surface area contributed by atoms with E-state index in [0.29, 0.717) is 17.4 Å². The molecule has 0 rings (SSSR count). The highest BCUT2D eigenvalue weighted by atomic mass is 31.2. The van der Waals surface area contributed by atoms with Gasteiger partial charge in [-0.05, 0) is 38.5 Å².